The molecule has 0 amide bonds. The highest BCUT2D eigenvalue weighted by atomic mass is 32.3. The molecule has 4 aliphatic rings. The van der Waals surface area contributed by atoms with E-state index in [0.717, 1.165) is 44.9 Å². The predicted octanol–water partition coefficient (Wildman–Crippen LogP) is 3.18. The van der Waals surface area contributed by atoms with E-state index in [0.29, 0.717) is 24.7 Å². The normalized spacial score (nSPS) is 49.7. The molecule has 186 valence electrons. The monoisotopic (exact) mass is 474 g/mol. The summed E-state index contributed by atoms with van der Waals surface area (Å²) in [6.45, 7) is 6.69. The average Bonchev–Trinajstić information content (AvgIpc) is 3.05. The molecule has 4 aliphatic carbocycles. The fraction of sp³-hybridized carbons (Fsp3) is 1.00. The van der Waals surface area contributed by atoms with Crippen LogP contribution in [0.25, 0.3) is 0 Å². The molecule has 11 atom stereocenters. The van der Waals surface area contributed by atoms with Crippen molar-refractivity contribution in [3.63, 3.8) is 0 Å². The van der Waals surface area contributed by atoms with Gasteiger partial charge in [-0.15, -0.1) is 0 Å². The second-order valence-corrected chi connectivity index (χ2v) is 13.0. The first-order chi connectivity index (χ1) is 14.9. The average molecular weight is 475 g/mol. The van der Waals surface area contributed by atoms with Crippen LogP contribution in [0.4, 0.5) is 0 Å². The van der Waals surface area contributed by atoms with Gasteiger partial charge in [0.05, 0.1) is 24.9 Å². The van der Waals surface area contributed by atoms with Crippen LogP contribution in [-0.4, -0.2) is 53.2 Å². The van der Waals surface area contributed by atoms with Gasteiger partial charge < -0.3 is 15.3 Å². The maximum atomic E-state index is 11.6. The van der Waals surface area contributed by atoms with Gasteiger partial charge in [0.15, 0.2) is 0 Å². The maximum Gasteiger partial charge on any atom is 0.397 e. The number of aliphatic hydroxyl groups excluding tert-OH is 3. The lowest BCUT2D eigenvalue weighted by molar-refractivity contribution is -0.207. The van der Waals surface area contributed by atoms with E-state index < -0.39 is 16.5 Å². The molecule has 4 fully saturated rings. The number of hydrogen-bond donors (Lipinski definition) is 4. The van der Waals surface area contributed by atoms with E-state index in [4.69, 9.17) is 4.55 Å². The molecule has 4 rings (SSSR count). The zero-order valence-electron chi connectivity index (χ0n) is 19.7. The molecule has 0 spiro atoms. The van der Waals surface area contributed by atoms with E-state index in [1.807, 2.05) is 0 Å². The molecule has 32 heavy (non-hydrogen) atoms. The Morgan fingerprint density at radius 3 is 2.44 bits per heavy atom. The Hall–Kier alpha value is -0.250. The molecule has 0 aliphatic heterocycles. The van der Waals surface area contributed by atoms with Crippen LogP contribution >= 0.6 is 0 Å². The van der Waals surface area contributed by atoms with Gasteiger partial charge in [0.25, 0.3) is 0 Å². The zero-order valence-corrected chi connectivity index (χ0v) is 20.5. The molecule has 4 saturated carbocycles. The molecule has 8 heteroatoms. The highest BCUT2D eigenvalue weighted by molar-refractivity contribution is 7.80. The zero-order chi connectivity index (χ0) is 23.5. The standard InChI is InChI=1S/C24H42O7S/c1-14(5-4-10-31-32(28,29)30)17-6-7-18-22-19(13-21(27)24(17,18)3)23(2)9-8-16(25)11-15(23)12-20(22)26/h14-22,25-27H,4-13H2,1-3H3,(H,28,29,30)/t14-,15+,16+,17+,18-,19-,20+,21-,22-,23-,24+/m0/s1. The van der Waals surface area contributed by atoms with E-state index in [-0.39, 0.29) is 53.3 Å². The van der Waals surface area contributed by atoms with Crippen molar-refractivity contribution in [3.05, 3.63) is 0 Å². The van der Waals surface area contributed by atoms with Gasteiger partial charge in [0.2, 0.25) is 0 Å². The topological polar surface area (TPSA) is 124 Å². The van der Waals surface area contributed by atoms with Crippen LogP contribution < -0.4 is 0 Å². The quantitative estimate of drug-likeness (QED) is 0.344. The van der Waals surface area contributed by atoms with Crippen LogP contribution in [0.1, 0.15) is 78.6 Å². The number of hydrogen-bond acceptors (Lipinski definition) is 6. The van der Waals surface area contributed by atoms with Gasteiger partial charge in [-0.3, -0.25) is 4.55 Å². The molecule has 0 aromatic carbocycles. The van der Waals surface area contributed by atoms with E-state index in [2.05, 4.69) is 25.0 Å². The summed E-state index contributed by atoms with van der Waals surface area (Å²) in [6.07, 6.45) is 6.26. The van der Waals surface area contributed by atoms with Crippen molar-refractivity contribution in [1.29, 1.82) is 0 Å². The van der Waals surface area contributed by atoms with Crippen LogP contribution in [-0.2, 0) is 14.6 Å². The van der Waals surface area contributed by atoms with Crippen molar-refractivity contribution in [2.24, 2.45) is 46.3 Å². The fourth-order valence-electron chi connectivity index (χ4n) is 8.90. The van der Waals surface area contributed by atoms with Crippen LogP contribution in [0, 0.1) is 46.3 Å². The molecule has 0 aromatic rings. The van der Waals surface area contributed by atoms with Crippen LogP contribution in [0.15, 0.2) is 0 Å². The third kappa shape index (κ3) is 4.17. The molecule has 0 saturated heterocycles. The van der Waals surface area contributed by atoms with Crippen LogP contribution in [0.5, 0.6) is 0 Å². The second-order valence-electron chi connectivity index (χ2n) is 11.9. The summed E-state index contributed by atoms with van der Waals surface area (Å²) in [7, 11) is -4.40. The van der Waals surface area contributed by atoms with Gasteiger partial charge in [-0.2, -0.15) is 8.42 Å². The van der Waals surface area contributed by atoms with Gasteiger partial charge in [0, 0.05) is 0 Å². The highest BCUT2D eigenvalue weighted by Gasteiger charge is 2.65. The van der Waals surface area contributed by atoms with E-state index in [1.165, 1.54) is 0 Å². The van der Waals surface area contributed by atoms with Crippen molar-refractivity contribution in [2.75, 3.05) is 6.61 Å². The third-order valence-electron chi connectivity index (χ3n) is 10.6. The highest BCUT2D eigenvalue weighted by Crippen LogP contribution is 2.68. The number of rotatable bonds is 6. The van der Waals surface area contributed by atoms with Crippen molar-refractivity contribution in [2.45, 2.75) is 96.9 Å². The van der Waals surface area contributed by atoms with Crippen molar-refractivity contribution in [3.8, 4) is 0 Å². The molecule has 0 heterocycles. The summed E-state index contributed by atoms with van der Waals surface area (Å²) < 4.78 is 34.8. The Kier molecular flexibility index (Phi) is 6.80. The molecule has 7 nitrogen and oxygen atoms in total. The first kappa shape index (κ1) is 24.9. The first-order valence-electron chi connectivity index (χ1n) is 12.5. The van der Waals surface area contributed by atoms with Crippen LogP contribution in [0.3, 0.4) is 0 Å². The Labute approximate surface area is 192 Å². The summed E-state index contributed by atoms with van der Waals surface area (Å²) in [6, 6.07) is 0. The minimum Gasteiger partial charge on any atom is -0.393 e. The summed E-state index contributed by atoms with van der Waals surface area (Å²) >= 11 is 0. The SMILES string of the molecule is C[C@@H](CCCOS(=O)(=O)O)[C@H]1CC[C@H]2[C@@H]3[C@H](O)C[C@H]4C[C@H](O)CC[C@]4(C)[C@H]3C[C@H](O)[C@]12C. The Bertz CT molecular complexity index is 787. The van der Waals surface area contributed by atoms with Gasteiger partial charge in [-0.05, 0) is 104 Å². The first-order valence-corrected chi connectivity index (χ1v) is 13.9. The second kappa shape index (κ2) is 8.76. The number of fused-ring (bicyclic) bond motifs is 5. The van der Waals surface area contributed by atoms with Crippen LogP contribution in [0.2, 0.25) is 0 Å². The molecule has 0 bridgehead atoms. The summed E-state index contributed by atoms with van der Waals surface area (Å²) in [5, 5.41) is 33.1. The minimum absolute atomic E-state index is 0.0341. The lowest BCUT2D eigenvalue weighted by Gasteiger charge is -2.63. The Morgan fingerprint density at radius 2 is 1.75 bits per heavy atom. The van der Waals surface area contributed by atoms with E-state index in [1.54, 1.807) is 0 Å². The largest absolute Gasteiger partial charge is 0.397 e. The molecule has 0 radical (unpaired) electrons. The van der Waals surface area contributed by atoms with Crippen molar-refractivity contribution < 1.29 is 32.5 Å². The number of aliphatic hydroxyl groups is 3. The maximum absolute atomic E-state index is 11.6. The smallest absolute Gasteiger partial charge is 0.393 e. The Morgan fingerprint density at radius 1 is 1.03 bits per heavy atom. The van der Waals surface area contributed by atoms with Gasteiger partial charge in [0.1, 0.15) is 0 Å². The summed E-state index contributed by atoms with van der Waals surface area (Å²) in [4.78, 5) is 0. The molecule has 0 aromatic heterocycles. The predicted molar refractivity (Wildman–Crippen MR) is 120 cm³/mol. The van der Waals surface area contributed by atoms with Gasteiger partial charge in [-0.25, -0.2) is 4.18 Å². The molecule has 0 unspecified atom stereocenters. The lowest BCUT2D eigenvalue weighted by Crippen LogP contribution is -2.62. The minimum atomic E-state index is -4.40. The van der Waals surface area contributed by atoms with Crippen molar-refractivity contribution >= 4 is 10.4 Å². The molecular weight excluding hydrogens is 432 g/mol. The summed E-state index contributed by atoms with van der Waals surface area (Å²) in [5.41, 5.74) is -0.189. The van der Waals surface area contributed by atoms with E-state index >= 15 is 0 Å². The lowest BCUT2D eigenvalue weighted by atomic mass is 9.43. The van der Waals surface area contributed by atoms with Gasteiger partial charge in [-0.1, -0.05) is 20.8 Å². The summed E-state index contributed by atoms with van der Waals surface area (Å²) in [5.74, 6) is 1.67. The fourth-order valence-corrected chi connectivity index (χ4v) is 9.23. The molecule has 4 N–H and O–H groups in total. The third-order valence-corrected chi connectivity index (χ3v) is 11.0. The van der Waals surface area contributed by atoms with Crippen molar-refractivity contribution in [1.82, 2.24) is 0 Å². The molecular formula is C24H42O7S. The Balaban J connectivity index is 1.50. The van der Waals surface area contributed by atoms with E-state index in [9.17, 15) is 23.7 Å². The van der Waals surface area contributed by atoms with Gasteiger partial charge >= 0.3 is 10.4 Å².